The summed E-state index contributed by atoms with van der Waals surface area (Å²) in [5.74, 6) is 0.100. The molecule has 0 aromatic carbocycles. The van der Waals surface area contributed by atoms with E-state index in [1.807, 2.05) is 11.8 Å². The number of carbonyl (C=O) groups is 2. The Morgan fingerprint density at radius 2 is 2.00 bits per heavy atom. The van der Waals surface area contributed by atoms with Crippen molar-refractivity contribution in [2.75, 3.05) is 45.0 Å². The number of likely N-dealkylation sites (N-methyl/N-ethyl adjacent to an activating group) is 1. The largest absolute Gasteiger partial charge is 0.397 e. The topological polar surface area (TPSA) is 91.6 Å². The van der Waals surface area contributed by atoms with Gasteiger partial charge in [0.15, 0.2) is 0 Å². The van der Waals surface area contributed by atoms with Crippen LogP contribution in [0.25, 0.3) is 0 Å². The molecule has 2 rings (SSSR count). The highest BCUT2D eigenvalue weighted by Gasteiger charge is 2.22. The minimum atomic E-state index is 0.0355. The van der Waals surface area contributed by atoms with Crippen molar-refractivity contribution in [1.82, 2.24) is 20.1 Å². The molecule has 120 valence electrons. The zero-order valence-electron chi connectivity index (χ0n) is 12.9. The van der Waals surface area contributed by atoms with Crippen LogP contribution < -0.4 is 11.1 Å². The van der Waals surface area contributed by atoms with Crippen molar-refractivity contribution in [2.24, 2.45) is 0 Å². The van der Waals surface area contributed by atoms with Crippen molar-refractivity contribution in [2.45, 2.75) is 13.3 Å². The van der Waals surface area contributed by atoms with E-state index in [4.69, 9.17) is 5.73 Å². The number of aromatic nitrogens is 1. The van der Waals surface area contributed by atoms with E-state index in [9.17, 15) is 9.59 Å². The Morgan fingerprint density at radius 1 is 1.27 bits per heavy atom. The molecule has 0 unspecified atom stereocenters. The molecule has 2 amide bonds. The number of carbonyl (C=O) groups excluding carboxylic acids is 2. The van der Waals surface area contributed by atoms with Gasteiger partial charge in [0, 0.05) is 38.4 Å². The fourth-order valence-corrected chi connectivity index (χ4v) is 2.42. The molecule has 0 spiro atoms. The van der Waals surface area contributed by atoms with E-state index in [0.717, 1.165) is 18.8 Å². The van der Waals surface area contributed by atoms with Gasteiger partial charge in [-0.1, -0.05) is 0 Å². The van der Waals surface area contributed by atoms with E-state index >= 15 is 0 Å². The predicted octanol–water partition coefficient (Wildman–Crippen LogP) is -0.513. The van der Waals surface area contributed by atoms with Gasteiger partial charge >= 0.3 is 0 Å². The Kier molecular flexibility index (Phi) is 5.71. The maximum absolute atomic E-state index is 12.2. The number of pyridine rings is 1. The summed E-state index contributed by atoms with van der Waals surface area (Å²) in [6, 6.07) is 3.53. The van der Waals surface area contributed by atoms with Crippen LogP contribution in [0.2, 0.25) is 0 Å². The van der Waals surface area contributed by atoms with Gasteiger partial charge in [0.05, 0.1) is 24.8 Å². The van der Waals surface area contributed by atoms with Crippen LogP contribution in [-0.2, 0) is 16.0 Å². The Morgan fingerprint density at radius 3 is 2.59 bits per heavy atom. The predicted molar refractivity (Wildman–Crippen MR) is 84.1 cm³/mol. The standard InChI is InChI=1S/C15H23N5O2/c1-2-17-14(21)11-19-5-7-20(8-6-19)15(22)9-13-4-3-12(16)10-18-13/h3-4,10H,2,5-9,11,16H2,1H3,(H,17,21). The second-order valence-corrected chi connectivity index (χ2v) is 5.37. The van der Waals surface area contributed by atoms with Crippen LogP contribution in [-0.4, -0.2) is 65.9 Å². The first-order valence-corrected chi connectivity index (χ1v) is 7.55. The molecule has 3 N–H and O–H groups in total. The Hall–Kier alpha value is -2.15. The average Bonchev–Trinajstić information content (AvgIpc) is 2.50. The number of hydrogen-bond donors (Lipinski definition) is 2. The summed E-state index contributed by atoms with van der Waals surface area (Å²) in [7, 11) is 0. The molecular formula is C15H23N5O2. The summed E-state index contributed by atoms with van der Waals surface area (Å²) in [5.41, 5.74) is 6.90. The minimum absolute atomic E-state index is 0.0355. The van der Waals surface area contributed by atoms with Gasteiger partial charge in [0.2, 0.25) is 11.8 Å². The molecule has 1 fully saturated rings. The monoisotopic (exact) mass is 305 g/mol. The summed E-state index contributed by atoms with van der Waals surface area (Å²) >= 11 is 0. The third-order valence-corrected chi connectivity index (χ3v) is 3.65. The molecule has 0 atom stereocenters. The van der Waals surface area contributed by atoms with E-state index in [2.05, 4.69) is 15.2 Å². The van der Waals surface area contributed by atoms with Gasteiger partial charge in [-0.25, -0.2) is 0 Å². The molecule has 1 saturated heterocycles. The molecule has 7 heteroatoms. The van der Waals surface area contributed by atoms with Gasteiger partial charge in [-0.3, -0.25) is 19.5 Å². The van der Waals surface area contributed by atoms with Crippen molar-refractivity contribution in [3.63, 3.8) is 0 Å². The van der Waals surface area contributed by atoms with Crippen LogP contribution in [0.5, 0.6) is 0 Å². The Bertz CT molecular complexity index is 509. The first-order valence-electron chi connectivity index (χ1n) is 7.55. The van der Waals surface area contributed by atoms with Gasteiger partial charge in [0.25, 0.3) is 0 Å². The minimum Gasteiger partial charge on any atom is -0.397 e. The first-order chi connectivity index (χ1) is 10.6. The van der Waals surface area contributed by atoms with E-state index < -0.39 is 0 Å². The Labute approximate surface area is 130 Å². The maximum atomic E-state index is 12.2. The number of piperazine rings is 1. The lowest BCUT2D eigenvalue weighted by Crippen LogP contribution is -2.51. The number of nitrogens with one attached hydrogen (secondary N) is 1. The van der Waals surface area contributed by atoms with E-state index in [-0.39, 0.29) is 18.2 Å². The van der Waals surface area contributed by atoms with Crippen LogP contribution >= 0.6 is 0 Å². The fourth-order valence-electron chi connectivity index (χ4n) is 2.42. The van der Waals surface area contributed by atoms with Gasteiger partial charge in [-0.2, -0.15) is 0 Å². The highest BCUT2D eigenvalue weighted by atomic mass is 16.2. The molecule has 1 aliphatic heterocycles. The first kappa shape index (κ1) is 16.2. The second-order valence-electron chi connectivity index (χ2n) is 5.37. The molecule has 1 aromatic rings. The summed E-state index contributed by atoms with van der Waals surface area (Å²) < 4.78 is 0. The molecule has 0 saturated carbocycles. The van der Waals surface area contributed by atoms with Gasteiger partial charge in [-0.15, -0.1) is 0 Å². The molecule has 1 aliphatic rings. The van der Waals surface area contributed by atoms with E-state index in [0.29, 0.717) is 31.9 Å². The van der Waals surface area contributed by atoms with Gasteiger partial charge in [0.1, 0.15) is 0 Å². The summed E-state index contributed by atoms with van der Waals surface area (Å²) in [5, 5.41) is 2.78. The van der Waals surface area contributed by atoms with Crippen molar-refractivity contribution < 1.29 is 9.59 Å². The van der Waals surface area contributed by atoms with Crippen molar-refractivity contribution in [3.05, 3.63) is 24.0 Å². The molecule has 2 heterocycles. The third kappa shape index (κ3) is 4.70. The average molecular weight is 305 g/mol. The lowest BCUT2D eigenvalue weighted by molar-refractivity contribution is -0.132. The normalized spacial score (nSPS) is 15.6. The maximum Gasteiger partial charge on any atom is 0.234 e. The van der Waals surface area contributed by atoms with Gasteiger partial charge < -0.3 is 16.0 Å². The molecule has 7 nitrogen and oxygen atoms in total. The van der Waals surface area contributed by atoms with Crippen molar-refractivity contribution in [3.8, 4) is 0 Å². The van der Waals surface area contributed by atoms with E-state index in [1.165, 1.54) is 0 Å². The molecule has 0 aliphatic carbocycles. The zero-order chi connectivity index (χ0) is 15.9. The molecule has 1 aromatic heterocycles. The molecule has 22 heavy (non-hydrogen) atoms. The van der Waals surface area contributed by atoms with Crippen LogP contribution in [0.3, 0.4) is 0 Å². The van der Waals surface area contributed by atoms with Crippen molar-refractivity contribution >= 4 is 17.5 Å². The van der Waals surface area contributed by atoms with Crippen molar-refractivity contribution in [1.29, 1.82) is 0 Å². The summed E-state index contributed by atoms with van der Waals surface area (Å²) in [6.07, 6.45) is 1.85. The summed E-state index contributed by atoms with van der Waals surface area (Å²) in [4.78, 5) is 31.8. The van der Waals surface area contributed by atoms with Crippen LogP contribution in [0.15, 0.2) is 18.3 Å². The van der Waals surface area contributed by atoms with Gasteiger partial charge in [-0.05, 0) is 19.1 Å². The SMILES string of the molecule is CCNC(=O)CN1CCN(C(=O)Cc2ccc(N)cn2)CC1. The number of hydrogen-bond acceptors (Lipinski definition) is 5. The highest BCUT2D eigenvalue weighted by Crippen LogP contribution is 2.07. The van der Waals surface area contributed by atoms with Crippen LogP contribution in [0, 0.1) is 0 Å². The second kappa shape index (κ2) is 7.74. The summed E-state index contributed by atoms with van der Waals surface area (Å²) in [6.45, 7) is 5.68. The highest BCUT2D eigenvalue weighted by molar-refractivity contribution is 5.79. The number of nitrogen functional groups attached to an aromatic ring is 1. The number of nitrogens with two attached hydrogens (primary N) is 1. The number of amides is 2. The quantitative estimate of drug-likeness (QED) is 0.764. The molecule has 0 radical (unpaired) electrons. The van der Waals surface area contributed by atoms with E-state index in [1.54, 1.807) is 18.3 Å². The smallest absolute Gasteiger partial charge is 0.234 e. The lowest BCUT2D eigenvalue weighted by Gasteiger charge is -2.34. The zero-order valence-corrected chi connectivity index (χ0v) is 12.9. The van der Waals surface area contributed by atoms with Crippen LogP contribution in [0.1, 0.15) is 12.6 Å². The van der Waals surface area contributed by atoms with Crippen LogP contribution in [0.4, 0.5) is 5.69 Å². The fraction of sp³-hybridized carbons (Fsp3) is 0.533. The lowest BCUT2D eigenvalue weighted by atomic mass is 10.2. The third-order valence-electron chi connectivity index (χ3n) is 3.65. The molecule has 0 bridgehead atoms. The number of nitrogens with zero attached hydrogens (tertiary/aromatic N) is 3. The Balaban J connectivity index is 1.77. The number of rotatable bonds is 5. The molecular weight excluding hydrogens is 282 g/mol. The number of anilines is 1.